The van der Waals surface area contributed by atoms with Gasteiger partial charge >= 0.3 is 0 Å². The van der Waals surface area contributed by atoms with Crippen LogP contribution in [0.25, 0.3) is 32.8 Å². The highest BCUT2D eigenvalue weighted by Gasteiger charge is 2.27. The third-order valence-electron chi connectivity index (χ3n) is 9.49. The molecule has 0 aromatic heterocycles. The van der Waals surface area contributed by atoms with Crippen molar-refractivity contribution in [1.82, 2.24) is 5.32 Å². The normalized spacial score (nSPS) is 20.0. The third-order valence-corrected chi connectivity index (χ3v) is 9.49. The lowest BCUT2D eigenvalue weighted by atomic mass is 9.87. The number of hydrogen-bond acceptors (Lipinski definition) is 4. The van der Waals surface area contributed by atoms with Gasteiger partial charge in [-0.2, -0.15) is 0 Å². The van der Waals surface area contributed by atoms with Gasteiger partial charge in [0.2, 0.25) is 0 Å². The van der Waals surface area contributed by atoms with Crippen LogP contribution in [0.2, 0.25) is 0 Å². The SMILES string of the molecule is C1=CC(C2C=C(c3ccccc3)NC(c3ccc4c(ccc5ccc6c(c54)NC(c4ccccc4)O6)c3)=N2)CC=C1c1ccccc1. The molecule has 0 bridgehead atoms. The van der Waals surface area contributed by atoms with E-state index in [-0.39, 0.29) is 18.2 Å². The van der Waals surface area contributed by atoms with Crippen LogP contribution in [-0.2, 0) is 0 Å². The zero-order chi connectivity index (χ0) is 31.2. The summed E-state index contributed by atoms with van der Waals surface area (Å²) in [6.45, 7) is 0. The molecule has 0 saturated carbocycles. The number of benzene rings is 6. The van der Waals surface area contributed by atoms with Gasteiger partial charge in [0.15, 0.2) is 6.23 Å². The smallest absolute Gasteiger partial charge is 0.196 e. The van der Waals surface area contributed by atoms with Crippen LogP contribution in [0, 0.1) is 5.92 Å². The number of nitrogens with one attached hydrogen (secondary N) is 2. The summed E-state index contributed by atoms with van der Waals surface area (Å²) in [5.41, 5.74) is 8.01. The first kappa shape index (κ1) is 27.4. The van der Waals surface area contributed by atoms with Crippen molar-refractivity contribution in [2.24, 2.45) is 10.9 Å². The van der Waals surface area contributed by atoms with Gasteiger partial charge < -0.3 is 15.4 Å². The average Bonchev–Trinajstić information content (AvgIpc) is 3.60. The monoisotopic (exact) mass is 607 g/mol. The minimum Gasteiger partial charge on any atom is -0.464 e. The molecule has 4 heteroatoms. The molecule has 2 aliphatic heterocycles. The number of amidine groups is 1. The number of nitrogens with zero attached hydrogens (tertiary/aromatic N) is 1. The van der Waals surface area contributed by atoms with Crippen molar-refractivity contribution < 1.29 is 4.74 Å². The summed E-state index contributed by atoms with van der Waals surface area (Å²) in [7, 11) is 0. The Bertz CT molecular complexity index is 2250. The van der Waals surface area contributed by atoms with E-state index in [0.29, 0.717) is 0 Å². The fourth-order valence-electron chi connectivity index (χ4n) is 7.04. The van der Waals surface area contributed by atoms with Gasteiger partial charge in [-0.1, -0.05) is 140 Å². The predicted octanol–water partition coefficient (Wildman–Crippen LogP) is 9.92. The van der Waals surface area contributed by atoms with Crippen molar-refractivity contribution in [2.75, 3.05) is 5.32 Å². The van der Waals surface area contributed by atoms with Gasteiger partial charge in [0.25, 0.3) is 0 Å². The average molecular weight is 608 g/mol. The van der Waals surface area contributed by atoms with E-state index in [4.69, 9.17) is 9.73 Å². The predicted molar refractivity (Wildman–Crippen MR) is 194 cm³/mol. The molecule has 6 aromatic rings. The van der Waals surface area contributed by atoms with Gasteiger partial charge in [-0.05, 0) is 57.5 Å². The highest BCUT2D eigenvalue weighted by Crippen LogP contribution is 2.45. The maximum atomic E-state index is 6.37. The lowest BCUT2D eigenvalue weighted by Crippen LogP contribution is -2.32. The lowest BCUT2D eigenvalue weighted by Gasteiger charge is -2.28. The van der Waals surface area contributed by atoms with Crippen LogP contribution in [0.5, 0.6) is 5.75 Å². The van der Waals surface area contributed by atoms with E-state index in [1.54, 1.807) is 0 Å². The molecular weight excluding hydrogens is 574 g/mol. The molecule has 47 heavy (non-hydrogen) atoms. The van der Waals surface area contributed by atoms with E-state index in [0.717, 1.165) is 46.1 Å². The molecule has 226 valence electrons. The Kier molecular flexibility index (Phi) is 6.71. The molecule has 2 heterocycles. The first-order chi connectivity index (χ1) is 23.3. The molecular formula is C43H33N3O. The topological polar surface area (TPSA) is 45.6 Å². The highest BCUT2D eigenvalue weighted by atomic mass is 16.5. The van der Waals surface area contributed by atoms with Crippen LogP contribution >= 0.6 is 0 Å². The second kappa shape index (κ2) is 11.5. The molecule has 9 rings (SSSR count). The second-order valence-electron chi connectivity index (χ2n) is 12.4. The second-order valence-corrected chi connectivity index (χ2v) is 12.4. The summed E-state index contributed by atoms with van der Waals surface area (Å²) in [6.07, 6.45) is 9.98. The van der Waals surface area contributed by atoms with Crippen molar-refractivity contribution >= 4 is 44.3 Å². The maximum absolute atomic E-state index is 6.37. The third kappa shape index (κ3) is 5.08. The van der Waals surface area contributed by atoms with Crippen molar-refractivity contribution in [3.8, 4) is 5.75 Å². The largest absolute Gasteiger partial charge is 0.464 e. The molecule has 0 saturated heterocycles. The molecule has 6 aromatic carbocycles. The molecule has 0 fully saturated rings. The van der Waals surface area contributed by atoms with Crippen LogP contribution in [0.1, 0.15) is 34.9 Å². The van der Waals surface area contributed by atoms with Crippen LogP contribution in [0.15, 0.2) is 163 Å². The van der Waals surface area contributed by atoms with Crippen molar-refractivity contribution in [3.05, 3.63) is 180 Å². The zero-order valence-corrected chi connectivity index (χ0v) is 25.8. The summed E-state index contributed by atoms with van der Waals surface area (Å²) >= 11 is 0. The van der Waals surface area contributed by atoms with Crippen LogP contribution < -0.4 is 15.4 Å². The van der Waals surface area contributed by atoms with Gasteiger partial charge in [0, 0.05) is 28.1 Å². The van der Waals surface area contributed by atoms with Gasteiger partial charge in [-0.3, -0.25) is 4.99 Å². The number of hydrogen-bond donors (Lipinski definition) is 2. The van der Waals surface area contributed by atoms with E-state index >= 15 is 0 Å². The molecule has 1 aliphatic carbocycles. The Morgan fingerprint density at radius 1 is 0.681 bits per heavy atom. The molecule has 3 atom stereocenters. The standard InChI is InChI=1S/C43H33N3O/c1-4-10-28(11-5-1)29-16-18-31(19-17-29)38-27-37(30-12-6-2-7-13-30)44-42(45-38)35-22-24-36-34(26-35)21-20-32-23-25-39-41(40(32)36)46-43(47-39)33-14-8-3-9-15-33/h1-18,20-27,31,38,43,46H,19H2,(H,44,45). The van der Waals surface area contributed by atoms with E-state index in [1.807, 2.05) is 18.2 Å². The van der Waals surface area contributed by atoms with E-state index in [2.05, 4.69) is 150 Å². The molecule has 0 radical (unpaired) electrons. The van der Waals surface area contributed by atoms with Crippen LogP contribution in [-0.4, -0.2) is 11.9 Å². The first-order valence-corrected chi connectivity index (χ1v) is 16.3. The zero-order valence-electron chi connectivity index (χ0n) is 25.8. The van der Waals surface area contributed by atoms with Crippen LogP contribution in [0.3, 0.4) is 0 Å². The summed E-state index contributed by atoms with van der Waals surface area (Å²) < 4.78 is 6.37. The number of aliphatic imine (C=N–C) groups is 1. The Labute approximate surface area is 274 Å². The molecule has 0 amide bonds. The summed E-state index contributed by atoms with van der Waals surface area (Å²) in [4.78, 5) is 5.34. The Hall–Kier alpha value is -5.87. The fourth-order valence-corrected chi connectivity index (χ4v) is 7.04. The van der Waals surface area contributed by atoms with E-state index in [1.165, 1.54) is 32.7 Å². The van der Waals surface area contributed by atoms with E-state index < -0.39 is 0 Å². The van der Waals surface area contributed by atoms with Gasteiger partial charge in [-0.25, -0.2) is 0 Å². The Balaban J connectivity index is 1.07. The summed E-state index contributed by atoms with van der Waals surface area (Å²) in [5, 5.41) is 12.1. The first-order valence-electron chi connectivity index (χ1n) is 16.3. The van der Waals surface area contributed by atoms with Crippen molar-refractivity contribution in [3.63, 3.8) is 0 Å². The molecule has 3 aliphatic rings. The molecule has 4 nitrogen and oxygen atoms in total. The van der Waals surface area contributed by atoms with Crippen molar-refractivity contribution in [1.29, 1.82) is 0 Å². The minimum atomic E-state index is -0.209. The molecule has 0 spiro atoms. The number of anilines is 1. The van der Waals surface area contributed by atoms with Gasteiger partial charge in [0.1, 0.15) is 11.6 Å². The quantitative estimate of drug-likeness (QED) is 0.192. The van der Waals surface area contributed by atoms with Gasteiger partial charge in [0.05, 0.1) is 11.7 Å². The molecule has 2 N–H and O–H groups in total. The van der Waals surface area contributed by atoms with Crippen LogP contribution in [0.4, 0.5) is 5.69 Å². The Morgan fingerprint density at radius 3 is 2.17 bits per heavy atom. The number of allylic oxidation sites excluding steroid dienone is 3. The summed E-state index contributed by atoms with van der Waals surface area (Å²) in [5.74, 6) is 2.05. The number of fused-ring (bicyclic) bond motifs is 5. The number of ether oxygens (including phenoxy) is 1. The fraction of sp³-hybridized carbons (Fsp3) is 0.0930. The molecule has 3 unspecified atom stereocenters. The highest BCUT2D eigenvalue weighted by molar-refractivity contribution is 6.17. The Morgan fingerprint density at radius 2 is 1.40 bits per heavy atom. The lowest BCUT2D eigenvalue weighted by molar-refractivity contribution is 0.260. The van der Waals surface area contributed by atoms with E-state index in [9.17, 15) is 0 Å². The summed E-state index contributed by atoms with van der Waals surface area (Å²) in [6, 6.07) is 46.9. The van der Waals surface area contributed by atoms with Gasteiger partial charge in [-0.15, -0.1) is 0 Å². The maximum Gasteiger partial charge on any atom is 0.196 e. The number of rotatable bonds is 5. The van der Waals surface area contributed by atoms with Crippen molar-refractivity contribution in [2.45, 2.75) is 18.7 Å². The minimum absolute atomic E-state index is 0.0121.